The minimum Gasteiger partial charge on any atom is -0.481 e. The van der Waals surface area contributed by atoms with Gasteiger partial charge in [-0.25, -0.2) is 8.42 Å². The third-order valence-corrected chi connectivity index (χ3v) is 6.05. The molecule has 1 aromatic rings. The lowest BCUT2D eigenvalue weighted by molar-refractivity contribution is -0.387. The van der Waals surface area contributed by atoms with Crippen molar-refractivity contribution in [2.45, 2.75) is 35.8 Å². The lowest BCUT2D eigenvalue weighted by Gasteiger charge is -2.26. The molecule has 0 amide bonds. The van der Waals surface area contributed by atoms with Gasteiger partial charge >= 0.3 is 5.97 Å². The van der Waals surface area contributed by atoms with Crippen LogP contribution >= 0.6 is 0 Å². The van der Waals surface area contributed by atoms with Crippen molar-refractivity contribution in [2.24, 2.45) is 5.92 Å². The molecule has 1 saturated carbocycles. The Balaban J connectivity index is 2.38. The molecule has 2 atom stereocenters. The van der Waals surface area contributed by atoms with E-state index in [4.69, 9.17) is 5.11 Å². The van der Waals surface area contributed by atoms with E-state index in [-0.39, 0.29) is 11.3 Å². The molecule has 2 rings (SSSR count). The van der Waals surface area contributed by atoms with E-state index in [0.717, 1.165) is 6.07 Å². The number of nitro groups is 1. The number of hydrogen-bond donors (Lipinski definition) is 1. The van der Waals surface area contributed by atoms with Gasteiger partial charge in [-0.3, -0.25) is 14.9 Å². The van der Waals surface area contributed by atoms with Gasteiger partial charge in [0, 0.05) is 6.07 Å². The monoisotopic (exact) mass is 313 g/mol. The summed E-state index contributed by atoms with van der Waals surface area (Å²) in [6, 6.07) is 5.18. The van der Waals surface area contributed by atoms with Crippen LogP contribution in [-0.4, -0.2) is 29.7 Å². The second-order valence-corrected chi connectivity index (χ2v) is 7.29. The number of hydrogen-bond acceptors (Lipinski definition) is 5. The lowest BCUT2D eigenvalue weighted by atomic mass is 9.89. The first-order valence-electron chi connectivity index (χ1n) is 6.54. The van der Waals surface area contributed by atoms with Crippen LogP contribution in [0, 0.1) is 16.0 Å². The summed E-state index contributed by atoms with van der Waals surface area (Å²) >= 11 is 0. The highest BCUT2D eigenvalue weighted by Crippen LogP contribution is 2.35. The zero-order valence-corrected chi connectivity index (χ0v) is 12.0. The fourth-order valence-electron chi connectivity index (χ4n) is 2.68. The number of nitro benzene ring substituents is 1. The Bertz CT molecular complexity index is 669. The fraction of sp³-hybridized carbons (Fsp3) is 0.462. The Labute approximate surface area is 121 Å². The summed E-state index contributed by atoms with van der Waals surface area (Å²) in [6.07, 6.45) is 1.27. The topological polar surface area (TPSA) is 115 Å². The van der Waals surface area contributed by atoms with E-state index in [1.54, 1.807) is 0 Å². The number of carboxylic acid groups (broad SMARTS) is 1. The Morgan fingerprint density at radius 3 is 2.57 bits per heavy atom. The van der Waals surface area contributed by atoms with Crippen LogP contribution in [0.1, 0.15) is 25.7 Å². The molecule has 7 nitrogen and oxygen atoms in total. The summed E-state index contributed by atoms with van der Waals surface area (Å²) in [4.78, 5) is 20.9. The summed E-state index contributed by atoms with van der Waals surface area (Å²) in [5.41, 5.74) is -0.463. The van der Waals surface area contributed by atoms with Gasteiger partial charge in [0.15, 0.2) is 9.84 Å². The number of carboxylic acids is 1. The number of para-hydroxylation sites is 1. The van der Waals surface area contributed by atoms with Crippen LogP contribution in [-0.2, 0) is 14.6 Å². The zero-order valence-electron chi connectivity index (χ0n) is 11.1. The van der Waals surface area contributed by atoms with Gasteiger partial charge in [-0.1, -0.05) is 18.6 Å². The maximum absolute atomic E-state index is 12.6. The van der Waals surface area contributed by atoms with Gasteiger partial charge in [-0.2, -0.15) is 0 Å². The number of nitrogens with zero attached hydrogens (tertiary/aromatic N) is 1. The first-order valence-corrected chi connectivity index (χ1v) is 8.08. The molecule has 1 aromatic carbocycles. The molecule has 0 radical (unpaired) electrons. The minimum atomic E-state index is -3.91. The smallest absolute Gasteiger partial charge is 0.306 e. The molecule has 0 aliphatic heterocycles. The average Bonchev–Trinajstić information content (AvgIpc) is 2.47. The van der Waals surface area contributed by atoms with Gasteiger partial charge in [0.1, 0.15) is 4.90 Å². The molecular formula is C13H15NO6S. The molecule has 1 aliphatic carbocycles. The third kappa shape index (κ3) is 3.05. The van der Waals surface area contributed by atoms with Crippen LogP contribution in [0.2, 0.25) is 0 Å². The van der Waals surface area contributed by atoms with E-state index in [9.17, 15) is 23.3 Å². The maximum Gasteiger partial charge on any atom is 0.306 e. The van der Waals surface area contributed by atoms with Crippen molar-refractivity contribution in [3.63, 3.8) is 0 Å². The van der Waals surface area contributed by atoms with E-state index < -0.39 is 37.6 Å². The van der Waals surface area contributed by atoms with Crippen LogP contribution in [0.4, 0.5) is 5.69 Å². The van der Waals surface area contributed by atoms with E-state index in [1.807, 2.05) is 0 Å². The highest BCUT2D eigenvalue weighted by atomic mass is 32.2. The Kier molecular flexibility index (Phi) is 4.26. The second kappa shape index (κ2) is 5.80. The quantitative estimate of drug-likeness (QED) is 0.671. The second-order valence-electron chi connectivity index (χ2n) is 5.09. The molecular weight excluding hydrogens is 298 g/mol. The highest BCUT2D eigenvalue weighted by molar-refractivity contribution is 7.92. The third-order valence-electron chi connectivity index (χ3n) is 3.78. The molecule has 0 bridgehead atoms. The Morgan fingerprint density at radius 1 is 1.29 bits per heavy atom. The molecule has 0 spiro atoms. The maximum atomic E-state index is 12.6. The van der Waals surface area contributed by atoms with Gasteiger partial charge in [0.2, 0.25) is 0 Å². The molecule has 21 heavy (non-hydrogen) atoms. The number of benzene rings is 1. The van der Waals surface area contributed by atoms with Crippen molar-refractivity contribution in [3.05, 3.63) is 34.4 Å². The summed E-state index contributed by atoms with van der Waals surface area (Å²) in [7, 11) is -3.91. The zero-order chi connectivity index (χ0) is 15.6. The van der Waals surface area contributed by atoms with Crippen molar-refractivity contribution < 1.29 is 23.2 Å². The SMILES string of the molecule is O=C(O)C1CCCC(S(=O)(=O)c2ccccc2[N+](=O)[O-])C1. The standard InChI is InChI=1S/C13H15NO6S/c15-13(16)9-4-3-5-10(8-9)21(19,20)12-7-2-1-6-11(12)14(17)18/h1-2,6-7,9-10H,3-5,8H2,(H,15,16). The number of rotatable bonds is 4. The van der Waals surface area contributed by atoms with E-state index in [1.165, 1.54) is 18.2 Å². The molecule has 1 aliphatic rings. The Morgan fingerprint density at radius 2 is 1.95 bits per heavy atom. The van der Waals surface area contributed by atoms with E-state index in [2.05, 4.69) is 0 Å². The van der Waals surface area contributed by atoms with Crippen molar-refractivity contribution in [2.75, 3.05) is 0 Å². The molecule has 1 N–H and O–H groups in total. The summed E-state index contributed by atoms with van der Waals surface area (Å²) in [5.74, 6) is -1.72. The summed E-state index contributed by atoms with van der Waals surface area (Å²) in [6.45, 7) is 0. The van der Waals surface area contributed by atoms with Gasteiger partial charge in [-0.05, 0) is 25.3 Å². The van der Waals surface area contributed by atoms with E-state index >= 15 is 0 Å². The van der Waals surface area contributed by atoms with Gasteiger partial charge in [0.25, 0.3) is 5.69 Å². The van der Waals surface area contributed by atoms with Gasteiger partial charge in [0.05, 0.1) is 16.1 Å². The van der Waals surface area contributed by atoms with E-state index in [0.29, 0.717) is 19.3 Å². The largest absolute Gasteiger partial charge is 0.481 e. The minimum absolute atomic E-state index is 0.00369. The molecule has 114 valence electrons. The fourth-order valence-corrected chi connectivity index (χ4v) is 4.70. The summed E-state index contributed by atoms with van der Waals surface area (Å²) < 4.78 is 25.2. The van der Waals surface area contributed by atoms with Crippen LogP contribution in [0.15, 0.2) is 29.2 Å². The first kappa shape index (κ1) is 15.4. The molecule has 0 heterocycles. The molecule has 2 unspecified atom stereocenters. The van der Waals surface area contributed by atoms with Crippen molar-refractivity contribution >= 4 is 21.5 Å². The number of carbonyl (C=O) groups is 1. The predicted octanol–water partition coefficient (Wildman–Crippen LogP) is 2.01. The van der Waals surface area contributed by atoms with Gasteiger partial charge < -0.3 is 5.11 Å². The number of aliphatic carboxylic acids is 1. The van der Waals surface area contributed by atoms with Crippen LogP contribution in [0.25, 0.3) is 0 Å². The van der Waals surface area contributed by atoms with Crippen LogP contribution in [0.5, 0.6) is 0 Å². The molecule has 1 fully saturated rings. The highest BCUT2D eigenvalue weighted by Gasteiger charge is 2.38. The predicted molar refractivity (Wildman–Crippen MR) is 73.7 cm³/mol. The first-order chi connectivity index (χ1) is 9.84. The average molecular weight is 313 g/mol. The molecule has 0 saturated heterocycles. The lowest BCUT2D eigenvalue weighted by Crippen LogP contribution is -2.31. The molecule has 8 heteroatoms. The van der Waals surface area contributed by atoms with Gasteiger partial charge in [-0.15, -0.1) is 0 Å². The van der Waals surface area contributed by atoms with Crippen molar-refractivity contribution in [1.82, 2.24) is 0 Å². The van der Waals surface area contributed by atoms with Crippen molar-refractivity contribution in [1.29, 1.82) is 0 Å². The normalized spacial score (nSPS) is 22.7. The molecule has 0 aromatic heterocycles. The van der Waals surface area contributed by atoms with Crippen LogP contribution in [0.3, 0.4) is 0 Å². The van der Waals surface area contributed by atoms with Crippen molar-refractivity contribution in [3.8, 4) is 0 Å². The van der Waals surface area contributed by atoms with Crippen LogP contribution < -0.4 is 0 Å². The Hall–Kier alpha value is -1.96. The summed E-state index contributed by atoms with van der Waals surface area (Å²) in [5, 5.41) is 19.1. The number of sulfone groups is 1.